The van der Waals surface area contributed by atoms with Gasteiger partial charge in [0.1, 0.15) is 18.7 Å². The molecule has 4 N–H and O–H groups in total. The quantitative estimate of drug-likeness (QED) is 0.124. The Morgan fingerprint density at radius 1 is 0.868 bits per heavy atom. The molecule has 0 spiro atoms. The Balaban J connectivity index is 1.20. The number of methoxy groups -OCH3 is 3. The maximum atomic E-state index is 13.8. The molecule has 5 rings (SSSR count). The SMILES string of the molecule is COCc1cc(COc2cc3c(cc2OC)C(=O)N2c4ccccc4C[C@H]2CN3)cc(NC(=O)[C@H](C)NC(=O)[C@H](C)NC(=O)CCCCC(=O)OC)c1. The van der Waals surface area contributed by atoms with Gasteiger partial charge in [-0.1, -0.05) is 18.2 Å². The minimum Gasteiger partial charge on any atom is -0.493 e. The van der Waals surface area contributed by atoms with Gasteiger partial charge >= 0.3 is 5.97 Å². The van der Waals surface area contributed by atoms with Crippen molar-refractivity contribution in [1.29, 1.82) is 0 Å². The molecule has 14 nitrogen and oxygen atoms in total. The number of carbonyl (C=O) groups is 5. The van der Waals surface area contributed by atoms with Crippen molar-refractivity contribution in [3.8, 4) is 11.5 Å². The fourth-order valence-electron chi connectivity index (χ4n) is 6.43. The molecule has 3 aromatic carbocycles. The van der Waals surface area contributed by atoms with Crippen LogP contribution in [0.25, 0.3) is 0 Å². The first-order chi connectivity index (χ1) is 25.5. The fourth-order valence-corrected chi connectivity index (χ4v) is 6.43. The van der Waals surface area contributed by atoms with E-state index in [-0.39, 0.29) is 49.9 Å². The lowest BCUT2D eigenvalue weighted by Crippen LogP contribution is -2.50. The van der Waals surface area contributed by atoms with Gasteiger partial charge < -0.3 is 45.1 Å². The number of nitrogens with one attached hydrogen (secondary N) is 4. The second kappa shape index (κ2) is 17.7. The number of unbranched alkanes of at least 4 members (excludes halogenated alkanes) is 1. The summed E-state index contributed by atoms with van der Waals surface area (Å²) < 4.78 is 21.9. The van der Waals surface area contributed by atoms with Crippen LogP contribution in [0.2, 0.25) is 0 Å². The third kappa shape index (κ3) is 9.63. The Bertz CT molecular complexity index is 1850. The van der Waals surface area contributed by atoms with Crippen molar-refractivity contribution in [3.63, 3.8) is 0 Å². The molecule has 53 heavy (non-hydrogen) atoms. The summed E-state index contributed by atoms with van der Waals surface area (Å²) in [5, 5.41) is 11.5. The molecule has 2 aliphatic heterocycles. The topological polar surface area (TPSA) is 174 Å². The lowest BCUT2D eigenvalue weighted by atomic mass is 10.1. The third-order valence-electron chi connectivity index (χ3n) is 9.16. The first-order valence-corrected chi connectivity index (χ1v) is 17.6. The number of rotatable bonds is 16. The van der Waals surface area contributed by atoms with Crippen LogP contribution >= 0.6 is 0 Å². The molecule has 3 aromatic rings. The number of amides is 4. The molecule has 0 aliphatic carbocycles. The zero-order valence-corrected chi connectivity index (χ0v) is 30.7. The van der Waals surface area contributed by atoms with Crippen molar-refractivity contribution in [1.82, 2.24) is 10.6 Å². The normalized spacial score (nSPS) is 15.4. The minimum atomic E-state index is -0.920. The number of esters is 1. The molecule has 0 saturated carbocycles. The molecule has 282 valence electrons. The molecule has 0 radical (unpaired) electrons. The standard InChI is InChI=1S/C39H47N5O9/c1-23(41-35(45)12-8-9-13-36(46)52-5)37(47)42-24(2)38(48)43-28-15-25(21-50-3)14-26(16-28)22-53-34-19-31-30(18-33(34)51-4)39(49)44-29(20-40-31)17-27-10-6-7-11-32(27)44/h6-7,10-11,14-16,18-19,23-24,29,40H,8-9,12-13,17,20-22H2,1-5H3,(H,41,45)(H,42,47)(H,43,48)/t23-,24-,29-/m0/s1. The summed E-state index contributed by atoms with van der Waals surface area (Å²) in [5.74, 6) is -0.923. The second-order valence-electron chi connectivity index (χ2n) is 13.1. The van der Waals surface area contributed by atoms with E-state index in [0.29, 0.717) is 47.8 Å². The Hall–Kier alpha value is -5.63. The third-order valence-corrected chi connectivity index (χ3v) is 9.16. The largest absolute Gasteiger partial charge is 0.493 e. The highest BCUT2D eigenvalue weighted by molar-refractivity contribution is 6.12. The van der Waals surface area contributed by atoms with Crippen LogP contribution in [0.5, 0.6) is 11.5 Å². The van der Waals surface area contributed by atoms with Gasteiger partial charge in [-0.25, -0.2) is 0 Å². The number of anilines is 3. The van der Waals surface area contributed by atoms with Gasteiger partial charge in [-0.2, -0.15) is 0 Å². The molecule has 2 aliphatic rings. The summed E-state index contributed by atoms with van der Waals surface area (Å²) in [6, 6.07) is 15.1. The molecular formula is C39H47N5O9. The number of hydrogen-bond acceptors (Lipinski definition) is 10. The smallest absolute Gasteiger partial charge is 0.305 e. The van der Waals surface area contributed by atoms with Crippen LogP contribution in [0.15, 0.2) is 54.6 Å². The molecule has 14 heteroatoms. The maximum Gasteiger partial charge on any atom is 0.305 e. The maximum absolute atomic E-state index is 13.8. The average Bonchev–Trinajstić information content (AvgIpc) is 3.46. The Labute approximate surface area is 308 Å². The van der Waals surface area contributed by atoms with E-state index in [1.165, 1.54) is 21.1 Å². The Morgan fingerprint density at radius 3 is 2.32 bits per heavy atom. The van der Waals surface area contributed by atoms with Crippen molar-refractivity contribution in [2.45, 2.75) is 77.3 Å². The Kier molecular flexibility index (Phi) is 12.9. The summed E-state index contributed by atoms with van der Waals surface area (Å²) in [6.45, 7) is 4.04. The molecule has 4 amide bonds. The summed E-state index contributed by atoms with van der Waals surface area (Å²) in [5.41, 5.74) is 5.20. The van der Waals surface area contributed by atoms with E-state index < -0.39 is 23.9 Å². The first kappa shape index (κ1) is 38.6. The van der Waals surface area contributed by atoms with Gasteiger partial charge in [-0.05, 0) is 80.1 Å². The highest BCUT2D eigenvalue weighted by atomic mass is 16.5. The number of para-hydroxylation sites is 1. The van der Waals surface area contributed by atoms with Crippen LogP contribution in [-0.4, -0.2) is 75.6 Å². The zero-order chi connectivity index (χ0) is 38.1. The minimum absolute atomic E-state index is 0.0125. The summed E-state index contributed by atoms with van der Waals surface area (Å²) >= 11 is 0. The fraction of sp³-hybridized carbons (Fsp3) is 0.410. The van der Waals surface area contributed by atoms with Crippen LogP contribution in [-0.2, 0) is 48.3 Å². The average molecular weight is 730 g/mol. The molecule has 3 atom stereocenters. The van der Waals surface area contributed by atoms with Crippen molar-refractivity contribution in [2.24, 2.45) is 0 Å². The van der Waals surface area contributed by atoms with Gasteiger partial charge in [0.2, 0.25) is 17.7 Å². The molecular weight excluding hydrogens is 682 g/mol. The van der Waals surface area contributed by atoms with Gasteiger partial charge in [-0.3, -0.25) is 24.0 Å². The lowest BCUT2D eigenvalue weighted by molar-refractivity contribution is -0.140. The number of carbonyl (C=O) groups excluding carboxylic acids is 5. The van der Waals surface area contributed by atoms with Crippen LogP contribution in [0.4, 0.5) is 17.1 Å². The monoisotopic (exact) mass is 729 g/mol. The summed E-state index contributed by atoms with van der Waals surface area (Å²) in [7, 11) is 4.40. The van der Waals surface area contributed by atoms with E-state index in [2.05, 4.69) is 32.1 Å². The zero-order valence-electron chi connectivity index (χ0n) is 30.7. The van der Waals surface area contributed by atoms with Crippen molar-refractivity contribution < 1.29 is 42.9 Å². The number of ether oxygens (including phenoxy) is 4. The highest BCUT2D eigenvalue weighted by Gasteiger charge is 2.37. The molecule has 2 heterocycles. The predicted octanol–water partition coefficient (Wildman–Crippen LogP) is 4.10. The van der Waals surface area contributed by atoms with E-state index >= 15 is 0 Å². The van der Waals surface area contributed by atoms with Gasteiger partial charge in [0.05, 0.1) is 38.1 Å². The number of fused-ring (bicyclic) bond motifs is 4. The van der Waals surface area contributed by atoms with Crippen LogP contribution in [0.1, 0.15) is 66.6 Å². The lowest BCUT2D eigenvalue weighted by Gasteiger charge is -2.22. The van der Waals surface area contributed by atoms with Gasteiger partial charge in [0.15, 0.2) is 11.5 Å². The second-order valence-corrected chi connectivity index (χ2v) is 13.1. The number of benzene rings is 3. The van der Waals surface area contributed by atoms with E-state index in [9.17, 15) is 24.0 Å². The van der Waals surface area contributed by atoms with Gasteiger partial charge in [0.25, 0.3) is 5.91 Å². The van der Waals surface area contributed by atoms with E-state index in [0.717, 1.165) is 28.8 Å². The van der Waals surface area contributed by atoms with Crippen LogP contribution in [0.3, 0.4) is 0 Å². The number of hydrogen-bond donors (Lipinski definition) is 4. The van der Waals surface area contributed by atoms with Gasteiger partial charge in [-0.15, -0.1) is 0 Å². The van der Waals surface area contributed by atoms with Gasteiger partial charge in [0, 0.05) is 43.9 Å². The first-order valence-electron chi connectivity index (χ1n) is 17.6. The molecule has 0 unspecified atom stereocenters. The van der Waals surface area contributed by atoms with Crippen molar-refractivity contribution in [2.75, 3.05) is 43.4 Å². The van der Waals surface area contributed by atoms with Crippen molar-refractivity contribution in [3.05, 3.63) is 76.9 Å². The molecule has 0 saturated heterocycles. The summed E-state index contributed by atoms with van der Waals surface area (Å²) in [6.07, 6.45) is 2.10. The molecule has 0 bridgehead atoms. The van der Waals surface area contributed by atoms with Crippen LogP contribution < -0.4 is 35.6 Å². The van der Waals surface area contributed by atoms with E-state index in [4.69, 9.17) is 14.2 Å². The highest BCUT2D eigenvalue weighted by Crippen LogP contribution is 2.40. The Morgan fingerprint density at radius 2 is 1.58 bits per heavy atom. The molecule has 0 fully saturated rings. The molecule has 0 aromatic heterocycles. The van der Waals surface area contributed by atoms with Crippen LogP contribution in [0, 0.1) is 0 Å². The number of nitrogens with zero attached hydrogens (tertiary/aromatic N) is 1. The van der Waals surface area contributed by atoms with Crippen molar-refractivity contribution >= 4 is 46.7 Å². The predicted molar refractivity (Wildman–Crippen MR) is 198 cm³/mol. The van der Waals surface area contributed by atoms with E-state index in [1.54, 1.807) is 38.3 Å². The van der Waals surface area contributed by atoms with E-state index in [1.807, 2.05) is 29.2 Å². The summed E-state index contributed by atoms with van der Waals surface area (Å²) in [4.78, 5) is 65.1.